The fourth-order valence-corrected chi connectivity index (χ4v) is 5.02. The van der Waals surface area contributed by atoms with E-state index in [1.807, 2.05) is 19.1 Å². The van der Waals surface area contributed by atoms with Crippen molar-refractivity contribution in [3.63, 3.8) is 0 Å². The smallest absolute Gasteiger partial charge is 0.195 e. The van der Waals surface area contributed by atoms with E-state index in [9.17, 15) is 9.90 Å². The molecule has 29 heavy (non-hydrogen) atoms. The quantitative estimate of drug-likeness (QED) is 0.595. The molecule has 0 radical (unpaired) electrons. The number of aliphatic hydroxyl groups is 1. The van der Waals surface area contributed by atoms with E-state index in [-0.39, 0.29) is 11.5 Å². The minimum Gasteiger partial charge on any atom is -0.508 e. The van der Waals surface area contributed by atoms with Gasteiger partial charge >= 0.3 is 0 Å². The van der Waals surface area contributed by atoms with Crippen molar-refractivity contribution in [3.8, 4) is 11.1 Å². The maximum absolute atomic E-state index is 13.1. The lowest BCUT2D eigenvalue weighted by atomic mass is 9.83. The van der Waals surface area contributed by atoms with Crippen molar-refractivity contribution in [2.45, 2.75) is 58.2 Å². The molecule has 2 aromatic carbocycles. The Hall–Kier alpha value is -1.81. The first-order chi connectivity index (χ1) is 13.8. The maximum Gasteiger partial charge on any atom is 0.195 e. The van der Waals surface area contributed by atoms with Crippen LogP contribution in [0.4, 0.5) is 0 Å². The number of benzene rings is 2. The largest absolute Gasteiger partial charge is 0.508 e. The Labute approximate surface area is 181 Å². The molecule has 2 atom stereocenters. The molecule has 0 saturated carbocycles. The molecule has 0 spiro atoms. The lowest BCUT2D eigenvalue weighted by Gasteiger charge is -2.32. The highest BCUT2D eigenvalue weighted by molar-refractivity contribution is 6.36. The molecule has 1 N–H and O–H groups in total. The van der Waals surface area contributed by atoms with Gasteiger partial charge in [-0.1, -0.05) is 55.2 Å². The molecule has 2 aromatic rings. The van der Waals surface area contributed by atoms with Crippen LogP contribution >= 0.6 is 23.2 Å². The third-order valence-electron chi connectivity index (χ3n) is 6.12. The standard InChI is InChI=1S/C24H24Cl2O3/c1-4-13-10-15(17-7-6-16(25)12-18(17)26)11-14(5-2)20(13)21-22(27)19-8-9-24(3,29-19)23(21)28/h6-7,10-12,19,28H,4-5,8-9H2,1-3H3/t19-,24-/m1/s1. The number of rotatable bonds is 4. The van der Waals surface area contributed by atoms with E-state index in [0.29, 0.717) is 28.5 Å². The minimum absolute atomic E-state index is 0.0675. The van der Waals surface area contributed by atoms with Crippen LogP contribution in [0.3, 0.4) is 0 Å². The van der Waals surface area contributed by atoms with E-state index in [2.05, 4.69) is 26.0 Å². The zero-order valence-electron chi connectivity index (χ0n) is 16.8. The van der Waals surface area contributed by atoms with Crippen LogP contribution in [0, 0.1) is 0 Å². The lowest BCUT2D eigenvalue weighted by Crippen LogP contribution is -2.38. The van der Waals surface area contributed by atoms with Gasteiger partial charge in [0.15, 0.2) is 5.78 Å². The number of aliphatic hydroxyl groups excluding tert-OH is 1. The van der Waals surface area contributed by atoms with E-state index in [0.717, 1.165) is 40.7 Å². The summed E-state index contributed by atoms with van der Waals surface area (Å²) in [6, 6.07) is 9.60. The first kappa shape index (κ1) is 20.5. The van der Waals surface area contributed by atoms with E-state index in [1.165, 1.54) is 0 Å². The molecule has 1 saturated heterocycles. The van der Waals surface area contributed by atoms with Crippen LogP contribution in [-0.4, -0.2) is 22.6 Å². The van der Waals surface area contributed by atoms with E-state index in [1.54, 1.807) is 6.07 Å². The van der Waals surface area contributed by atoms with E-state index < -0.39 is 11.7 Å². The third kappa shape index (κ3) is 3.30. The fraction of sp³-hybridized carbons (Fsp3) is 0.375. The molecule has 2 aliphatic rings. The van der Waals surface area contributed by atoms with Gasteiger partial charge in [0.1, 0.15) is 17.5 Å². The second-order valence-electron chi connectivity index (χ2n) is 7.96. The van der Waals surface area contributed by atoms with Gasteiger partial charge in [-0.05, 0) is 67.0 Å². The van der Waals surface area contributed by atoms with Crippen molar-refractivity contribution in [2.75, 3.05) is 0 Å². The summed E-state index contributed by atoms with van der Waals surface area (Å²) in [7, 11) is 0. The summed E-state index contributed by atoms with van der Waals surface area (Å²) in [5, 5.41) is 12.2. The molecular weight excluding hydrogens is 407 g/mol. The molecule has 1 fully saturated rings. The van der Waals surface area contributed by atoms with Crippen molar-refractivity contribution >= 4 is 34.6 Å². The monoisotopic (exact) mass is 430 g/mol. The Morgan fingerprint density at radius 2 is 1.79 bits per heavy atom. The Morgan fingerprint density at radius 1 is 1.14 bits per heavy atom. The first-order valence-corrected chi connectivity index (χ1v) is 10.8. The summed E-state index contributed by atoms with van der Waals surface area (Å²) in [5.74, 6) is -0.0444. The van der Waals surface area contributed by atoms with Gasteiger partial charge < -0.3 is 9.84 Å². The number of hydrogen-bond acceptors (Lipinski definition) is 3. The maximum atomic E-state index is 13.1. The molecule has 0 amide bonds. The van der Waals surface area contributed by atoms with Crippen molar-refractivity contribution in [1.82, 2.24) is 0 Å². The van der Waals surface area contributed by atoms with Gasteiger partial charge in [0.05, 0.1) is 5.57 Å². The second kappa shape index (κ2) is 7.46. The van der Waals surface area contributed by atoms with Crippen LogP contribution in [-0.2, 0) is 22.4 Å². The molecule has 0 aliphatic carbocycles. The molecular formula is C24H24Cl2O3. The SMILES string of the molecule is CCc1cc(-c2ccc(Cl)cc2Cl)cc(CC)c1C1=C(O)[C@@]2(C)CC[C@@H](O2)C1=O. The Balaban J connectivity index is 1.94. The molecule has 152 valence electrons. The predicted octanol–water partition coefficient (Wildman–Crippen LogP) is 6.57. The molecule has 0 aromatic heterocycles. The van der Waals surface area contributed by atoms with Crippen molar-refractivity contribution in [2.24, 2.45) is 0 Å². The Morgan fingerprint density at radius 3 is 2.38 bits per heavy atom. The number of carbonyl (C=O) groups is 1. The summed E-state index contributed by atoms with van der Waals surface area (Å²) in [6.07, 6.45) is 2.29. The summed E-state index contributed by atoms with van der Waals surface area (Å²) < 4.78 is 5.84. The summed E-state index contributed by atoms with van der Waals surface area (Å²) >= 11 is 12.5. The van der Waals surface area contributed by atoms with Gasteiger partial charge in [-0.15, -0.1) is 0 Å². The number of fused-ring (bicyclic) bond motifs is 2. The average Bonchev–Trinajstić information content (AvgIpc) is 3.07. The zero-order chi connectivity index (χ0) is 20.9. The predicted molar refractivity (Wildman–Crippen MR) is 118 cm³/mol. The molecule has 5 heteroatoms. The van der Waals surface area contributed by atoms with Crippen molar-refractivity contribution in [3.05, 3.63) is 62.8 Å². The van der Waals surface area contributed by atoms with Gasteiger partial charge in [-0.3, -0.25) is 4.79 Å². The number of Topliss-reactive ketones (excluding diaryl/α,β-unsaturated/α-hetero) is 1. The van der Waals surface area contributed by atoms with Gasteiger partial charge in [0.25, 0.3) is 0 Å². The number of ketones is 1. The van der Waals surface area contributed by atoms with Crippen LogP contribution < -0.4 is 0 Å². The normalized spacial score (nSPS) is 23.8. The summed E-state index contributed by atoms with van der Waals surface area (Å²) in [6.45, 7) is 5.99. The fourth-order valence-electron chi connectivity index (χ4n) is 4.51. The van der Waals surface area contributed by atoms with Crippen LogP contribution in [0.25, 0.3) is 16.7 Å². The first-order valence-electron chi connectivity index (χ1n) is 10.1. The highest BCUT2D eigenvalue weighted by Gasteiger charge is 2.50. The number of aryl methyl sites for hydroxylation is 2. The lowest BCUT2D eigenvalue weighted by molar-refractivity contribution is -0.130. The van der Waals surface area contributed by atoms with Crippen LogP contribution in [0.1, 0.15) is 50.3 Å². The van der Waals surface area contributed by atoms with E-state index in [4.69, 9.17) is 27.9 Å². The van der Waals surface area contributed by atoms with Crippen LogP contribution in [0.15, 0.2) is 36.1 Å². The van der Waals surface area contributed by atoms with Crippen LogP contribution in [0.2, 0.25) is 10.0 Å². The number of hydrogen-bond donors (Lipinski definition) is 1. The van der Waals surface area contributed by atoms with Gasteiger partial charge in [-0.2, -0.15) is 0 Å². The summed E-state index contributed by atoms with van der Waals surface area (Å²) in [5.41, 5.74) is 4.43. The van der Waals surface area contributed by atoms with Crippen molar-refractivity contribution in [1.29, 1.82) is 0 Å². The minimum atomic E-state index is -0.776. The molecule has 2 aliphatic heterocycles. The Kier molecular flexibility index (Phi) is 5.27. The highest BCUT2D eigenvalue weighted by atomic mass is 35.5. The summed E-state index contributed by atoms with van der Waals surface area (Å²) in [4.78, 5) is 13.1. The van der Waals surface area contributed by atoms with Gasteiger partial charge in [-0.25, -0.2) is 0 Å². The highest BCUT2D eigenvalue weighted by Crippen LogP contribution is 2.46. The van der Waals surface area contributed by atoms with Crippen LogP contribution in [0.5, 0.6) is 0 Å². The van der Waals surface area contributed by atoms with Gasteiger partial charge in [0, 0.05) is 15.6 Å². The van der Waals surface area contributed by atoms with E-state index >= 15 is 0 Å². The molecule has 0 unspecified atom stereocenters. The molecule has 4 rings (SSSR count). The topological polar surface area (TPSA) is 46.5 Å². The average molecular weight is 431 g/mol. The number of halogens is 2. The number of ether oxygens (including phenoxy) is 1. The zero-order valence-corrected chi connectivity index (χ0v) is 18.3. The number of carbonyl (C=O) groups excluding carboxylic acids is 1. The molecule has 3 nitrogen and oxygen atoms in total. The second-order valence-corrected chi connectivity index (χ2v) is 8.81. The molecule has 2 bridgehead atoms. The van der Waals surface area contributed by atoms with Gasteiger partial charge in [0.2, 0.25) is 0 Å². The van der Waals surface area contributed by atoms with Crippen molar-refractivity contribution < 1.29 is 14.6 Å². The molecule has 2 heterocycles. The Bertz CT molecular complexity index is 1020. The third-order valence-corrected chi connectivity index (χ3v) is 6.67.